The summed E-state index contributed by atoms with van der Waals surface area (Å²) in [6, 6.07) is 7.96. The third-order valence-electron chi connectivity index (χ3n) is 6.92. The van der Waals surface area contributed by atoms with E-state index in [0.29, 0.717) is 51.7 Å². The predicted octanol–water partition coefficient (Wildman–Crippen LogP) is 1.16. The molecule has 0 aliphatic carbocycles. The molecule has 0 spiro atoms. The minimum atomic E-state index is -0.829. The number of amides is 5. The van der Waals surface area contributed by atoms with Crippen molar-refractivity contribution in [3.8, 4) is 0 Å². The molecule has 11 heteroatoms. The number of primary amides is 1. The highest BCUT2D eigenvalue weighted by molar-refractivity contribution is 5.93. The Balaban J connectivity index is 1.52. The van der Waals surface area contributed by atoms with Gasteiger partial charge in [0.2, 0.25) is 23.6 Å². The van der Waals surface area contributed by atoms with Gasteiger partial charge in [0, 0.05) is 25.6 Å². The first-order chi connectivity index (χ1) is 18.2. The van der Waals surface area contributed by atoms with Crippen molar-refractivity contribution < 1.29 is 28.7 Å². The van der Waals surface area contributed by atoms with Crippen molar-refractivity contribution in [1.29, 1.82) is 0 Å². The molecule has 2 saturated heterocycles. The molecule has 2 atom stereocenters. The van der Waals surface area contributed by atoms with E-state index in [1.165, 1.54) is 0 Å². The van der Waals surface area contributed by atoms with Crippen LogP contribution in [0.25, 0.3) is 0 Å². The molecule has 11 nitrogen and oxygen atoms in total. The van der Waals surface area contributed by atoms with Gasteiger partial charge in [0.05, 0.1) is 6.54 Å². The van der Waals surface area contributed by atoms with Crippen LogP contribution < -0.4 is 16.4 Å². The molecule has 0 saturated carbocycles. The predicted molar refractivity (Wildman–Crippen MR) is 139 cm³/mol. The number of hydrogen-bond acceptors (Lipinski definition) is 6. The molecule has 2 fully saturated rings. The number of carbonyl (C=O) groups is 5. The Kier molecular flexibility index (Phi) is 10.5. The number of nitrogens with two attached hydrogens (primary N) is 1. The monoisotopic (exact) mass is 529 g/mol. The molecule has 2 unspecified atom stereocenters. The Labute approximate surface area is 223 Å². The summed E-state index contributed by atoms with van der Waals surface area (Å²) < 4.78 is 5.41. The molecule has 2 aliphatic heterocycles. The van der Waals surface area contributed by atoms with Crippen LogP contribution in [0.4, 0.5) is 4.79 Å². The summed E-state index contributed by atoms with van der Waals surface area (Å²) in [6.07, 6.45) is 2.18. The summed E-state index contributed by atoms with van der Waals surface area (Å²) in [5.41, 5.74) is 6.02. The number of carbonyl (C=O) groups excluding carboxylic acids is 5. The molecular formula is C27H39N5O6. The third kappa shape index (κ3) is 8.19. The molecule has 0 bridgehead atoms. The topological polar surface area (TPSA) is 151 Å². The van der Waals surface area contributed by atoms with Crippen molar-refractivity contribution in [3.05, 3.63) is 35.9 Å². The van der Waals surface area contributed by atoms with E-state index in [-0.39, 0.29) is 36.8 Å². The van der Waals surface area contributed by atoms with Crippen molar-refractivity contribution in [2.75, 3.05) is 26.2 Å². The third-order valence-corrected chi connectivity index (χ3v) is 6.92. The number of piperidine rings is 1. The first-order valence-electron chi connectivity index (χ1n) is 13.3. The van der Waals surface area contributed by atoms with E-state index in [4.69, 9.17) is 10.5 Å². The van der Waals surface area contributed by atoms with Gasteiger partial charge in [-0.2, -0.15) is 0 Å². The van der Waals surface area contributed by atoms with Crippen LogP contribution in [0.1, 0.15) is 51.5 Å². The zero-order valence-corrected chi connectivity index (χ0v) is 22.2. The number of ether oxygens (including phenoxy) is 1. The Morgan fingerprint density at radius 3 is 2.34 bits per heavy atom. The molecule has 1 aromatic carbocycles. The van der Waals surface area contributed by atoms with Crippen LogP contribution in [0.15, 0.2) is 30.3 Å². The van der Waals surface area contributed by atoms with Gasteiger partial charge >= 0.3 is 6.09 Å². The zero-order valence-electron chi connectivity index (χ0n) is 22.2. The first kappa shape index (κ1) is 28.9. The highest BCUT2D eigenvalue weighted by Crippen LogP contribution is 2.26. The summed E-state index contributed by atoms with van der Waals surface area (Å²) in [6.45, 7) is 5.03. The van der Waals surface area contributed by atoms with Crippen LogP contribution in [-0.2, 0) is 30.5 Å². The number of benzene rings is 1. The quantitative estimate of drug-likeness (QED) is 0.414. The average Bonchev–Trinajstić information content (AvgIpc) is 3.40. The lowest BCUT2D eigenvalue weighted by atomic mass is 9.95. The maximum atomic E-state index is 13.4. The molecule has 208 valence electrons. The van der Waals surface area contributed by atoms with Gasteiger partial charge in [-0.15, -0.1) is 0 Å². The van der Waals surface area contributed by atoms with Crippen LogP contribution in [0, 0.1) is 11.8 Å². The van der Waals surface area contributed by atoms with Crippen molar-refractivity contribution in [1.82, 2.24) is 20.4 Å². The van der Waals surface area contributed by atoms with Crippen LogP contribution in [-0.4, -0.2) is 77.8 Å². The lowest BCUT2D eigenvalue weighted by Gasteiger charge is -2.34. The second-order valence-electron chi connectivity index (χ2n) is 10.4. The maximum Gasteiger partial charge on any atom is 0.410 e. The van der Waals surface area contributed by atoms with Crippen LogP contribution in [0.5, 0.6) is 0 Å². The van der Waals surface area contributed by atoms with Crippen molar-refractivity contribution in [2.24, 2.45) is 17.6 Å². The molecule has 1 aromatic rings. The van der Waals surface area contributed by atoms with Crippen LogP contribution in [0.2, 0.25) is 0 Å². The van der Waals surface area contributed by atoms with E-state index in [2.05, 4.69) is 10.6 Å². The summed E-state index contributed by atoms with van der Waals surface area (Å²) in [7, 11) is 0. The number of hydrogen-bond donors (Lipinski definition) is 3. The molecule has 38 heavy (non-hydrogen) atoms. The Morgan fingerprint density at radius 1 is 1.03 bits per heavy atom. The van der Waals surface area contributed by atoms with Crippen LogP contribution in [0.3, 0.4) is 0 Å². The minimum Gasteiger partial charge on any atom is -0.445 e. The van der Waals surface area contributed by atoms with E-state index >= 15 is 0 Å². The van der Waals surface area contributed by atoms with Gasteiger partial charge in [0.1, 0.15) is 18.7 Å². The van der Waals surface area contributed by atoms with Crippen LogP contribution >= 0.6 is 0 Å². The first-order valence-corrected chi connectivity index (χ1v) is 13.3. The number of nitrogens with zero attached hydrogens (tertiary/aromatic N) is 2. The standard InChI is InChI=1S/C27H39N5O6/c1-18(2)15-21(24(34)29-16-23(28)33)30-25(35)22-9-6-12-32(22)26(36)20-10-13-31(14-11-20)27(37)38-17-19-7-4-3-5-8-19/h3-5,7-8,18,20-22H,6,9-17H2,1-2H3,(H2,28,33)(H,29,34)(H,30,35). The molecule has 2 heterocycles. The number of nitrogens with one attached hydrogen (secondary N) is 2. The largest absolute Gasteiger partial charge is 0.445 e. The van der Waals surface area contributed by atoms with Gasteiger partial charge in [0.15, 0.2) is 0 Å². The highest BCUT2D eigenvalue weighted by Gasteiger charge is 2.39. The Morgan fingerprint density at radius 2 is 1.71 bits per heavy atom. The smallest absolute Gasteiger partial charge is 0.410 e. The maximum absolute atomic E-state index is 13.4. The van der Waals surface area contributed by atoms with Gasteiger partial charge in [-0.05, 0) is 43.6 Å². The Bertz CT molecular complexity index is 993. The lowest BCUT2D eigenvalue weighted by molar-refractivity contribution is -0.143. The Hall–Kier alpha value is -3.63. The second-order valence-corrected chi connectivity index (χ2v) is 10.4. The fourth-order valence-electron chi connectivity index (χ4n) is 4.93. The van der Waals surface area contributed by atoms with Gasteiger partial charge in [-0.25, -0.2) is 4.79 Å². The fraction of sp³-hybridized carbons (Fsp3) is 0.593. The zero-order chi connectivity index (χ0) is 27.7. The summed E-state index contributed by atoms with van der Waals surface area (Å²) in [5.74, 6) is -1.79. The van der Waals surface area contributed by atoms with E-state index in [1.807, 2.05) is 44.2 Å². The summed E-state index contributed by atoms with van der Waals surface area (Å²) in [4.78, 5) is 65.8. The molecule has 5 amide bonds. The molecular weight excluding hydrogens is 490 g/mol. The van der Waals surface area contributed by atoms with Gasteiger partial charge in [0.25, 0.3) is 0 Å². The van der Waals surface area contributed by atoms with Gasteiger partial charge < -0.3 is 30.9 Å². The normalized spacial score (nSPS) is 18.7. The molecule has 3 rings (SSSR count). The average molecular weight is 530 g/mol. The molecule has 2 aliphatic rings. The van der Waals surface area contributed by atoms with Crippen molar-refractivity contribution in [2.45, 2.75) is 64.6 Å². The lowest BCUT2D eigenvalue weighted by Crippen LogP contribution is -2.55. The van der Waals surface area contributed by atoms with Gasteiger partial charge in [-0.3, -0.25) is 19.2 Å². The second kappa shape index (κ2) is 13.8. The van der Waals surface area contributed by atoms with E-state index in [1.54, 1.807) is 9.80 Å². The van der Waals surface area contributed by atoms with E-state index in [0.717, 1.165) is 5.56 Å². The summed E-state index contributed by atoms with van der Waals surface area (Å²) >= 11 is 0. The van der Waals surface area contributed by atoms with Crippen molar-refractivity contribution in [3.63, 3.8) is 0 Å². The number of rotatable bonds is 10. The SMILES string of the molecule is CC(C)CC(NC(=O)C1CCCN1C(=O)C1CCN(C(=O)OCc2ccccc2)CC1)C(=O)NCC(N)=O. The minimum absolute atomic E-state index is 0.0986. The van der Waals surface area contributed by atoms with E-state index in [9.17, 15) is 24.0 Å². The molecule has 4 N–H and O–H groups in total. The van der Waals surface area contributed by atoms with Gasteiger partial charge in [-0.1, -0.05) is 44.2 Å². The number of likely N-dealkylation sites (tertiary alicyclic amines) is 2. The summed E-state index contributed by atoms with van der Waals surface area (Å²) in [5, 5.41) is 5.23. The van der Waals surface area contributed by atoms with E-state index < -0.39 is 30.0 Å². The van der Waals surface area contributed by atoms with Crippen molar-refractivity contribution >= 4 is 29.7 Å². The highest BCUT2D eigenvalue weighted by atomic mass is 16.6. The fourth-order valence-corrected chi connectivity index (χ4v) is 4.93. The molecule has 0 aromatic heterocycles. The molecule has 0 radical (unpaired) electrons.